The van der Waals surface area contributed by atoms with Gasteiger partial charge in [0.1, 0.15) is 5.60 Å². The molecule has 0 aliphatic carbocycles. The number of nitrogens with zero attached hydrogens (tertiary/aromatic N) is 4. The Morgan fingerprint density at radius 3 is 2.75 bits per heavy atom. The van der Waals surface area contributed by atoms with Gasteiger partial charge in [0.15, 0.2) is 0 Å². The van der Waals surface area contributed by atoms with Crippen LogP contribution in [-0.2, 0) is 11.3 Å². The number of benzene rings is 1. The van der Waals surface area contributed by atoms with Crippen molar-refractivity contribution in [3.8, 4) is 11.3 Å². The highest BCUT2D eigenvalue weighted by Gasteiger charge is 2.18. The Morgan fingerprint density at radius 2 is 2.07 bits per heavy atom. The summed E-state index contributed by atoms with van der Waals surface area (Å²) in [5, 5.41) is 7.08. The Morgan fingerprint density at radius 1 is 1.29 bits per heavy atom. The highest BCUT2D eigenvalue weighted by Crippen LogP contribution is 2.22. The third kappa shape index (κ3) is 4.72. The van der Waals surface area contributed by atoms with Crippen LogP contribution in [0.4, 0.5) is 16.4 Å². The van der Waals surface area contributed by atoms with Gasteiger partial charge in [-0.2, -0.15) is 9.78 Å². The molecule has 0 atom stereocenters. The number of rotatable bonds is 4. The fourth-order valence-electron chi connectivity index (χ4n) is 2.59. The highest BCUT2D eigenvalue weighted by molar-refractivity contribution is 5.71. The minimum atomic E-state index is -0.592. The Bertz CT molecular complexity index is 990. The molecule has 0 radical (unpaired) electrons. The molecule has 0 aliphatic heterocycles. The molecule has 0 saturated carbocycles. The first-order valence-corrected chi connectivity index (χ1v) is 8.93. The lowest BCUT2D eigenvalue weighted by atomic mass is 10.0. The topological polar surface area (TPSA) is 108 Å². The zero-order valence-electron chi connectivity index (χ0n) is 16.4. The maximum atomic E-state index is 12.1. The molecule has 0 amide bonds. The molecule has 3 aromatic rings. The van der Waals surface area contributed by atoms with Gasteiger partial charge < -0.3 is 15.8 Å². The van der Waals surface area contributed by atoms with E-state index < -0.39 is 11.7 Å². The molecule has 8 nitrogen and oxygen atoms in total. The maximum absolute atomic E-state index is 12.1. The number of anilines is 2. The first kappa shape index (κ1) is 19.5. The smallest absolute Gasteiger partial charge is 0.435 e. The van der Waals surface area contributed by atoms with E-state index in [0.29, 0.717) is 18.2 Å². The highest BCUT2D eigenvalue weighted by atomic mass is 16.6. The summed E-state index contributed by atoms with van der Waals surface area (Å²) in [6.07, 6.45) is 4.17. The molecule has 0 bridgehead atoms. The summed E-state index contributed by atoms with van der Waals surface area (Å²) in [6.45, 7) is 7.93. The number of carbonyl (C=O) groups is 1. The van der Waals surface area contributed by atoms with Gasteiger partial charge in [-0.15, -0.1) is 0 Å². The molecule has 146 valence electrons. The molecule has 8 heteroatoms. The average Bonchev–Trinajstić information content (AvgIpc) is 3.09. The van der Waals surface area contributed by atoms with E-state index in [2.05, 4.69) is 26.4 Å². The van der Waals surface area contributed by atoms with Gasteiger partial charge in [0.2, 0.25) is 5.95 Å². The summed E-state index contributed by atoms with van der Waals surface area (Å²) in [6, 6.07) is 7.88. The number of hydrogen-bond acceptors (Lipinski definition) is 7. The number of nitrogens with one attached hydrogen (secondary N) is 1. The van der Waals surface area contributed by atoms with Gasteiger partial charge in [-0.1, -0.05) is 12.1 Å². The molecule has 2 heterocycles. The number of nitrogens with two attached hydrogens (primary N) is 1. The van der Waals surface area contributed by atoms with E-state index in [1.165, 1.54) is 12.4 Å². The van der Waals surface area contributed by atoms with Crippen molar-refractivity contribution in [3.05, 3.63) is 54.0 Å². The molecule has 3 N–H and O–H groups in total. The van der Waals surface area contributed by atoms with Crippen molar-refractivity contribution in [2.45, 2.75) is 39.8 Å². The van der Waals surface area contributed by atoms with Gasteiger partial charge >= 0.3 is 6.09 Å². The summed E-state index contributed by atoms with van der Waals surface area (Å²) >= 11 is 0. The lowest BCUT2D eigenvalue weighted by Gasteiger charge is -2.18. The Kier molecular flexibility index (Phi) is 5.41. The molecular formula is C20H24N6O2. The molecule has 0 fully saturated rings. The minimum Gasteiger partial charge on any atom is -0.442 e. The summed E-state index contributed by atoms with van der Waals surface area (Å²) in [7, 11) is 0. The van der Waals surface area contributed by atoms with Crippen molar-refractivity contribution in [1.82, 2.24) is 19.7 Å². The van der Waals surface area contributed by atoms with Crippen LogP contribution in [-0.4, -0.2) is 31.4 Å². The first-order valence-electron chi connectivity index (χ1n) is 8.93. The van der Waals surface area contributed by atoms with E-state index in [9.17, 15) is 4.79 Å². The summed E-state index contributed by atoms with van der Waals surface area (Å²) in [4.78, 5) is 20.8. The van der Waals surface area contributed by atoms with Gasteiger partial charge in [-0.05, 0) is 51.0 Å². The van der Waals surface area contributed by atoms with Crippen molar-refractivity contribution < 1.29 is 9.53 Å². The molecule has 0 aliphatic rings. The van der Waals surface area contributed by atoms with Crippen LogP contribution in [0.15, 0.2) is 42.9 Å². The van der Waals surface area contributed by atoms with Crippen LogP contribution in [0.5, 0.6) is 0 Å². The van der Waals surface area contributed by atoms with Crippen molar-refractivity contribution in [1.29, 1.82) is 0 Å². The Labute approximate surface area is 163 Å². The van der Waals surface area contributed by atoms with Gasteiger partial charge in [-0.25, -0.2) is 14.8 Å². The van der Waals surface area contributed by atoms with Crippen molar-refractivity contribution in [3.63, 3.8) is 0 Å². The standard InChI is InChI=1S/C20H24N6O2/c1-13-9-14(5-6-15(13)10-21)17-7-8-22-18(25-17)24-16-11-23-26(12-16)19(27)28-20(2,3)4/h5-9,11-12H,10,21H2,1-4H3,(H,22,24,25). The molecule has 2 aromatic heterocycles. The van der Waals surface area contributed by atoms with Crippen molar-refractivity contribution in [2.24, 2.45) is 5.73 Å². The van der Waals surface area contributed by atoms with E-state index in [4.69, 9.17) is 10.5 Å². The second-order valence-electron chi connectivity index (χ2n) is 7.39. The van der Waals surface area contributed by atoms with Gasteiger partial charge in [-0.3, -0.25) is 0 Å². The van der Waals surface area contributed by atoms with Crippen molar-refractivity contribution in [2.75, 3.05) is 5.32 Å². The summed E-state index contributed by atoms with van der Waals surface area (Å²) in [5.74, 6) is 0.404. The second-order valence-corrected chi connectivity index (χ2v) is 7.39. The monoisotopic (exact) mass is 380 g/mol. The largest absolute Gasteiger partial charge is 0.442 e. The Balaban J connectivity index is 1.77. The van der Waals surface area contributed by atoms with E-state index in [0.717, 1.165) is 27.1 Å². The van der Waals surface area contributed by atoms with E-state index in [1.807, 2.05) is 25.1 Å². The first-order chi connectivity index (χ1) is 13.2. The normalized spacial score (nSPS) is 11.3. The predicted molar refractivity (Wildman–Crippen MR) is 107 cm³/mol. The fraction of sp³-hybridized carbons (Fsp3) is 0.300. The molecule has 0 unspecified atom stereocenters. The third-order valence-corrected chi connectivity index (χ3v) is 3.93. The fourth-order valence-corrected chi connectivity index (χ4v) is 2.59. The zero-order valence-corrected chi connectivity index (χ0v) is 16.4. The predicted octanol–water partition coefficient (Wildman–Crippen LogP) is 3.63. The second kappa shape index (κ2) is 7.77. The molecule has 0 saturated heterocycles. The van der Waals surface area contributed by atoms with Gasteiger partial charge in [0, 0.05) is 18.3 Å². The number of aromatic nitrogens is 4. The van der Waals surface area contributed by atoms with E-state index >= 15 is 0 Å². The summed E-state index contributed by atoms with van der Waals surface area (Å²) in [5.41, 5.74) is 9.70. The maximum Gasteiger partial charge on any atom is 0.435 e. The minimum absolute atomic E-state index is 0.404. The number of hydrogen-bond donors (Lipinski definition) is 2. The van der Waals surface area contributed by atoms with E-state index in [-0.39, 0.29) is 0 Å². The zero-order chi connectivity index (χ0) is 20.3. The van der Waals surface area contributed by atoms with E-state index in [1.54, 1.807) is 27.0 Å². The van der Waals surface area contributed by atoms with Crippen LogP contribution in [0.1, 0.15) is 31.9 Å². The van der Waals surface area contributed by atoms with Crippen LogP contribution in [0.3, 0.4) is 0 Å². The Hall–Kier alpha value is -3.26. The van der Waals surface area contributed by atoms with Crippen LogP contribution >= 0.6 is 0 Å². The molecule has 1 aromatic carbocycles. The molecule has 3 rings (SSSR count). The number of ether oxygens (including phenoxy) is 1. The van der Waals surface area contributed by atoms with Crippen LogP contribution in [0, 0.1) is 6.92 Å². The van der Waals surface area contributed by atoms with Gasteiger partial charge in [0.05, 0.1) is 23.8 Å². The van der Waals surface area contributed by atoms with Crippen LogP contribution in [0.2, 0.25) is 0 Å². The van der Waals surface area contributed by atoms with Crippen molar-refractivity contribution >= 4 is 17.7 Å². The van der Waals surface area contributed by atoms with Crippen LogP contribution in [0.25, 0.3) is 11.3 Å². The number of aryl methyl sites for hydroxylation is 1. The third-order valence-electron chi connectivity index (χ3n) is 3.93. The molecular weight excluding hydrogens is 356 g/mol. The lowest BCUT2D eigenvalue weighted by Crippen LogP contribution is -2.27. The SMILES string of the molecule is Cc1cc(-c2ccnc(Nc3cnn(C(=O)OC(C)(C)C)c3)n2)ccc1CN. The molecule has 28 heavy (non-hydrogen) atoms. The quantitative estimate of drug-likeness (QED) is 0.711. The summed E-state index contributed by atoms with van der Waals surface area (Å²) < 4.78 is 6.42. The molecule has 0 spiro atoms. The van der Waals surface area contributed by atoms with Crippen LogP contribution < -0.4 is 11.1 Å². The average molecular weight is 380 g/mol. The lowest BCUT2D eigenvalue weighted by molar-refractivity contribution is 0.0514. The number of carbonyl (C=O) groups excluding carboxylic acids is 1. The van der Waals surface area contributed by atoms with Gasteiger partial charge in [0.25, 0.3) is 0 Å².